The molecular formula is C21H21N3O2. The largest absolute Gasteiger partial charge is 0.350 e. The van der Waals surface area contributed by atoms with Crippen molar-refractivity contribution >= 4 is 17.2 Å². The van der Waals surface area contributed by atoms with E-state index < -0.39 is 0 Å². The quantitative estimate of drug-likeness (QED) is 0.703. The van der Waals surface area contributed by atoms with E-state index in [-0.39, 0.29) is 17.0 Å². The van der Waals surface area contributed by atoms with Crippen molar-refractivity contribution < 1.29 is 4.79 Å². The van der Waals surface area contributed by atoms with Crippen molar-refractivity contribution in [2.45, 2.75) is 27.3 Å². The summed E-state index contributed by atoms with van der Waals surface area (Å²) in [5.74, 6) is -0.201. The molecule has 1 N–H and O–H groups in total. The summed E-state index contributed by atoms with van der Waals surface area (Å²) >= 11 is 0. The van der Waals surface area contributed by atoms with E-state index in [9.17, 15) is 9.59 Å². The van der Waals surface area contributed by atoms with Gasteiger partial charge in [0, 0.05) is 17.8 Å². The minimum atomic E-state index is -0.305. The maximum atomic E-state index is 12.9. The summed E-state index contributed by atoms with van der Waals surface area (Å²) in [4.78, 5) is 25.4. The Bertz CT molecular complexity index is 1010. The van der Waals surface area contributed by atoms with Gasteiger partial charge in [0.25, 0.3) is 5.56 Å². The highest BCUT2D eigenvalue weighted by Gasteiger charge is 2.22. The molecule has 2 aromatic carbocycles. The summed E-state index contributed by atoms with van der Waals surface area (Å²) in [6.45, 7) is 5.68. The van der Waals surface area contributed by atoms with Crippen molar-refractivity contribution in [3.05, 3.63) is 76.1 Å². The summed E-state index contributed by atoms with van der Waals surface area (Å²) in [6, 6.07) is 17.1. The normalized spacial score (nSPS) is 10.6. The smallest absolute Gasteiger partial charge is 0.291 e. The molecular weight excluding hydrogens is 326 g/mol. The molecule has 0 fully saturated rings. The number of carbonyl (C=O) groups is 1. The third kappa shape index (κ3) is 3.28. The number of benzene rings is 2. The minimum absolute atomic E-state index is 0.201. The first-order valence-electron chi connectivity index (χ1n) is 8.57. The Morgan fingerprint density at radius 1 is 1.08 bits per heavy atom. The Balaban J connectivity index is 2.30. The van der Waals surface area contributed by atoms with Gasteiger partial charge in [-0.2, -0.15) is 5.10 Å². The van der Waals surface area contributed by atoms with Gasteiger partial charge in [0.15, 0.2) is 5.78 Å². The SMILES string of the molecule is CCn1nc(-c2ccccc2)c(C(C)=O)c(Nc2ccccc2C)c1=O. The summed E-state index contributed by atoms with van der Waals surface area (Å²) < 4.78 is 1.38. The maximum absolute atomic E-state index is 12.9. The van der Waals surface area contributed by atoms with E-state index in [1.54, 1.807) is 0 Å². The first-order valence-corrected chi connectivity index (χ1v) is 8.57. The Morgan fingerprint density at radius 2 is 1.73 bits per heavy atom. The second-order valence-corrected chi connectivity index (χ2v) is 6.08. The number of anilines is 2. The minimum Gasteiger partial charge on any atom is -0.350 e. The Morgan fingerprint density at radius 3 is 2.35 bits per heavy atom. The monoisotopic (exact) mass is 347 g/mol. The molecule has 1 aromatic heterocycles. The van der Waals surface area contributed by atoms with Gasteiger partial charge < -0.3 is 5.32 Å². The number of para-hydroxylation sites is 1. The summed E-state index contributed by atoms with van der Waals surface area (Å²) in [7, 11) is 0. The molecule has 5 heteroatoms. The molecule has 132 valence electrons. The molecule has 0 aliphatic heterocycles. The highest BCUT2D eigenvalue weighted by molar-refractivity contribution is 6.05. The van der Waals surface area contributed by atoms with Gasteiger partial charge >= 0.3 is 0 Å². The first kappa shape index (κ1) is 17.6. The van der Waals surface area contributed by atoms with Gasteiger partial charge in [0.2, 0.25) is 0 Å². The van der Waals surface area contributed by atoms with Crippen LogP contribution in [-0.2, 0) is 6.54 Å². The maximum Gasteiger partial charge on any atom is 0.291 e. The number of hydrogen-bond acceptors (Lipinski definition) is 4. The number of hydrogen-bond donors (Lipinski definition) is 1. The second kappa shape index (κ2) is 7.35. The lowest BCUT2D eigenvalue weighted by Crippen LogP contribution is -2.28. The van der Waals surface area contributed by atoms with Crippen molar-refractivity contribution in [3.63, 3.8) is 0 Å². The predicted molar refractivity (Wildman–Crippen MR) is 104 cm³/mol. The van der Waals surface area contributed by atoms with Gasteiger partial charge in [-0.1, -0.05) is 48.5 Å². The average Bonchev–Trinajstić information content (AvgIpc) is 2.65. The lowest BCUT2D eigenvalue weighted by atomic mass is 10.0. The van der Waals surface area contributed by atoms with E-state index in [1.165, 1.54) is 11.6 Å². The number of carbonyl (C=O) groups excluding carboxylic acids is 1. The molecule has 3 aromatic rings. The van der Waals surface area contributed by atoms with Crippen LogP contribution in [0.3, 0.4) is 0 Å². The van der Waals surface area contributed by atoms with Crippen LogP contribution in [-0.4, -0.2) is 15.6 Å². The molecule has 0 aliphatic rings. The fourth-order valence-corrected chi connectivity index (χ4v) is 2.89. The van der Waals surface area contributed by atoms with Crippen molar-refractivity contribution in [3.8, 4) is 11.3 Å². The summed E-state index contributed by atoms with van der Waals surface area (Å²) in [5.41, 5.74) is 3.36. The predicted octanol–water partition coefficient (Wildman–Crippen LogP) is 4.18. The third-order valence-corrected chi connectivity index (χ3v) is 4.26. The number of nitrogens with one attached hydrogen (secondary N) is 1. The molecule has 0 aliphatic carbocycles. The number of aryl methyl sites for hydroxylation is 2. The van der Waals surface area contributed by atoms with Gasteiger partial charge in [0.05, 0.1) is 5.56 Å². The highest BCUT2D eigenvalue weighted by atomic mass is 16.1. The van der Waals surface area contributed by atoms with Crippen molar-refractivity contribution in [1.29, 1.82) is 0 Å². The topological polar surface area (TPSA) is 64.0 Å². The molecule has 0 atom stereocenters. The van der Waals surface area contributed by atoms with Crippen LogP contribution in [0, 0.1) is 6.92 Å². The van der Waals surface area contributed by atoms with Crippen LogP contribution in [0.25, 0.3) is 11.3 Å². The Labute approximate surface area is 152 Å². The van der Waals surface area contributed by atoms with Crippen LogP contribution in [0.15, 0.2) is 59.4 Å². The third-order valence-electron chi connectivity index (χ3n) is 4.26. The van der Waals surface area contributed by atoms with E-state index >= 15 is 0 Å². The van der Waals surface area contributed by atoms with Gasteiger partial charge in [-0.15, -0.1) is 0 Å². The molecule has 0 unspecified atom stereocenters. The summed E-state index contributed by atoms with van der Waals surface area (Å²) in [6.07, 6.45) is 0. The van der Waals surface area contributed by atoms with Gasteiger partial charge in [-0.05, 0) is 32.4 Å². The molecule has 0 bridgehead atoms. The highest BCUT2D eigenvalue weighted by Crippen LogP contribution is 2.28. The Hall–Kier alpha value is -3.21. The van der Waals surface area contributed by atoms with Crippen LogP contribution in [0.4, 0.5) is 11.4 Å². The first-order chi connectivity index (χ1) is 12.5. The molecule has 1 heterocycles. The zero-order valence-electron chi connectivity index (χ0n) is 15.1. The molecule has 0 spiro atoms. The molecule has 3 rings (SSSR count). The van der Waals surface area contributed by atoms with Gasteiger partial charge in [-0.3, -0.25) is 9.59 Å². The number of rotatable bonds is 5. The number of Topliss-reactive ketones (excluding diaryl/α,β-unsaturated/α-hetero) is 1. The zero-order chi connectivity index (χ0) is 18.7. The fourth-order valence-electron chi connectivity index (χ4n) is 2.89. The second-order valence-electron chi connectivity index (χ2n) is 6.08. The van der Waals surface area contributed by atoms with E-state index in [0.717, 1.165) is 16.8 Å². The lowest BCUT2D eigenvalue weighted by Gasteiger charge is -2.17. The molecule has 0 amide bonds. The zero-order valence-corrected chi connectivity index (χ0v) is 15.1. The van der Waals surface area contributed by atoms with E-state index in [2.05, 4.69) is 10.4 Å². The number of nitrogens with zero attached hydrogens (tertiary/aromatic N) is 2. The Kier molecular flexibility index (Phi) is 4.98. The van der Waals surface area contributed by atoms with Crippen LogP contribution >= 0.6 is 0 Å². The fraction of sp³-hybridized carbons (Fsp3) is 0.190. The molecule has 0 saturated carbocycles. The average molecular weight is 347 g/mol. The molecule has 5 nitrogen and oxygen atoms in total. The van der Waals surface area contributed by atoms with Crippen LogP contribution in [0.1, 0.15) is 29.8 Å². The van der Waals surface area contributed by atoms with Crippen molar-refractivity contribution in [1.82, 2.24) is 9.78 Å². The van der Waals surface area contributed by atoms with Crippen LogP contribution in [0.2, 0.25) is 0 Å². The van der Waals surface area contributed by atoms with Gasteiger partial charge in [-0.25, -0.2) is 4.68 Å². The van der Waals surface area contributed by atoms with E-state index in [4.69, 9.17) is 0 Å². The van der Waals surface area contributed by atoms with Crippen molar-refractivity contribution in [2.75, 3.05) is 5.32 Å². The van der Waals surface area contributed by atoms with E-state index in [1.807, 2.05) is 68.4 Å². The van der Waals surface area contributed by atoms with Gasteiger partial charge in [0.1, 0.15) is 11.4 Å². The van der Waals surface area contributed by atoms with Crippen LogP contribution < -0.4 is 10.9 Å². The molecule has 0 radical (unpaired) electrons. The standard InChI is InChI=1S/C21H21N3O2/c1-4-24-21(26)20(22-17-13-9-8-10-14(17)2)18(15(3)25)19(23-24)16-11-6-5-7-12-16/h5-13,22H,4H2,1-3H3. The lowest BCUT2D eigenvalue weighted by molar-refractivity contribution is 0.101. The number of aromatic nitrogens is 2. The number of ketones is 1. The summed E-state index contributed by atoms with van der Waals surface area (Å²) in [5, 5.41) is 7.63. The van der Waals surface area contributed by atoms with Crippen LogP contribution in [0.5, 0.6) is 0 Å². The molecule has 0 saturated heterocycles. The molecule has 26 heavy (non-hydrogen) atoms. The van der Waals surface area contributed by atoms with Crippen molar-refractivity contribution in [2.24, 2.45) is 0 Å². The van der Waals surface area contributed by atoms with E-state index in [0.29, 0.717) is 17.8 Å².